The number of ether oxygens (including phenoxy) is 1. The molecule has 1 atom stereocenters. The molecule has 0 radical (unpaired) electrons. The lowest BCUT2D eigenvalue weighted by Crippen LogP contribution is -2.73. The third-order valence-electron chi connectivity index (χ3n) is 7.96. The van der Waals surface area contributed by atoms with Gasteiger partial charge in [0.2, 0.25) is 5.91 Å². The Balaban J connectivity index is 1.16. The number of methoxy groups -OCH3 is 1. The first kappa shape index (κ1) is 22.0. The van der Waals surface area contributed by atoms with Crippen LogP contribution in [0.15, 0.2) is 24.7 Å². The van der Waals surface area contributed by atoms with Gasteiger partial charge < -0.3 is 15.0 Å². The number of nitrogens with zero attached hydrogens (tertiary/aromatic N) is 4. The highest BCUT2D eigenvalue weighted by molar-refractivity contribution is 7.94. The molecule has 1 amide bonds. The van der Waals surface area contributed by atoms with Gasteiger partial charge in [-0.1, -0.05) is 0 Å². The first-order chi connectivity index (χ1) is 17.4. The summed E-state index contributed by atoms with van der Waals surface area (Å²) < 4.78 is 29.2. The molecule has 2 N–H and O–H groups in total. The minimum Gasteiger partial charge on any atom is -0.494 e. The van der Waals surface area contributed by atoms with Gasteiger partial charge in [0.15, 0.2) is 9.84 Å². The summed E-state index contributed by atoms with van der Waals surface area (Å²) in [6.45, 7) is 0.707. The Labute approximate surface area is 211 Å². The van der Waals surface area contributed by atoms with E-state index in [2.05, 4.69) is 25.5 Å². The number of fused-ring (bicyclic) bond motifs is 4. The quantitative estimate of drug-likeness (QED) is 0.417. The van der Waals surface area contributed by atoms with E-state index < -0.39 is 14.6 Å². The number of rotatable bonds is 4. The summed E-state index contributed by atoms with van der Waals surface area (Å²) >= 11 is 1.61. The molecule has 2 fully saturated rings. The molecular formula is C24H24N6O4S2. The summed E-state index contributed by atoms with van der Waals surface area (Å²) in [5.74, 6) is 1.59. The molecule has 4 aromatic rings. The number of hydrogen-bond acceptors (Lipinski definition) is 9. The Morgan fingerprint density at radius 1 is 1.31 bits per heavy atom. The van der Waals surface area contributed by atoms with Gasteiger partial charge in [-0.25, -0.2) is 18.4 Å². The van der Waals surface area contributed by atoms with E-state index in [0.717, 1.165) is 44.5 Å². The van der Waals surface area contributed by atoms with Crippen LogP contribution in [0.5, 0.6) is 5.75 Å². The number of likely N-dealkylation sites (tertiary alicyclic amines) is 1. The summed E-state index contributed by atoms with van der Waals surface area (Å²) in [5.41, 5.74) is 2.86. The maximum absolute atomic E-state index is 13.2. The molecular weight excluding hydrogens is 500 g/mol. The smallest absolute Gasteiger partial charge is 0.226 e. The van der Waals surface area contributed by atoms with Gasteiger partial charge in [0.1, 0.15) is 27.5 Å². The van der Waals surface area contributed by atoms with Gasteiger partial charge in [0.25, 0.3) is 0 Å². The minimum atomic E-state index is -3.02. The highest BCUT2D eigenvalue weighted by Crippen LogP contribution is 2.45. The van der Waals surface area contributed by atoms with Crippen LogP contribution in [-0.4, -0.2) is 70.1 Å². The summed E-state index contributed by atoms with van der Waals surface area (Å²) in [6, 6.07) is 3.87. The largest absolute Gasteiger partial charge is 0.494 e. The number of hydrogen-bond donors (Lipinski definition) is 2. The molecule has 0 saturated carbocycles. The average molecular weight is 525 g/mol. The highest BCUT2D eigenvalue weighted by atomic mass is 32.2. The van der Waals surface area contributed by atoms with Gasteiger partial charge in [0, 0.05) is 35.3 Å². The van der Waals surface area contributed by atoms with Crippen molar-refractivity contribution in [1.82, 2.24) is 25.1 Å². The van der Waals surface area contributed by atoms with E-state index in [-0.39, 0.29) is 17.6 Å². The van der Waals surface area contributed by atoms with Crippen LogP contribution >= 0.6 is 11.3 Å². The molecule has 36 heavy (non-hydrogen) atoms. The monoisotopic (exact) mass is 524 g/mol. The van der Waals surface area contributed by atoms with Crippen LogP contribution in [0, 0.1) is 5.92 Å². The molecule has 5 heterocycles. The van der Waals surface area contributed by atoms with E-state index >= 15 is 0 Å². The number of aryl methyl sites for hydroxylation is 1. The number of anilines is 2. The van der Waals surface area contributed by atoms with E-state index in [4.69, 9.17) is 4.74 Å². The molecule has 3 aliphatic rings. The van der Waals surface area contributed by atoms with Crippen molar-refractivity contribution in [3.05, 3.63) is 35.1 Å². The number of carbonyl (C=O) groups excluding carboxylic acids is 1. The molecule has 1 unspecified atom stereocenters. The van der Waals surface area contributed by atoms with E-state index in [1.54, 1.807) is 35.9 Å². The molecule has 186 valence electrons. The summed E-state index contributed by atoms with van der Waals surface area (Å²) in [7, 11) is -1.39. The van der Waals surface area contributed by atoms with Crippen LogP contribution in [0.25, 0.3) is 21.1 Å². The number of benzene rings is 1. The lowest BCUT2D eigenvalue weighted by atomic mass is 9.85. The number of carbonyl (C=O) groups is 1. The minimum absolute atomic E-state index is 0.0772. The second kappa shape index (κ2) is 7.62. The van der Waals surface area contributed by atoms with Crippen molar-refractivity contribution in [2.24, 2.45) is 5.92 Å². The molecule has 2 aliphatic heterocycles. The normalized spacial score (nSPS) is 21.7. The Kier molecular flexibility index (Phi) is 4.66. The van der Waals surface area contributed by atoms with Crippen LogP contribution in [0.2, 0.25) is 0 Å². The third-order valence-corrected chi connectivity index (χ3v) is 11.6. The molecule has 1 aromatic carbocycles. The summed E-state index contributed by atoms with van der Waals surface area (Å²) in [5, 5.41) is 12.4. The maximum atomic E-state index is 13.2. The fourth-order valence-corrected chi connectivity index (χ4v) is 8.84. The molecule has 3 aromatic heterocycles. The van der Waals surface area contributed by atoms with Gasteiger partial charge in [-0.3, -0.25) is 9.89 Å². The lowest BCUT2D eigenvalue weighted by molar-refractivity contribution is -0.141. The first-order valence-corrected chi connectivity index (χ1v) is 14.4. The van der Waals surface area contributed by atoms with Crippen molar-refractivity contribution < 1.29 is 17.9 Å². The number of amides is 1. The molecule has 12 heteroatoms. The predicted octanol–water partition coefficient (Wildman–Crippen LogP) is 2.82. The van der Waals surface area contributed by atoms with E-state index in [0.29, 0.717) is 37.5 Å². The van der Waals surface area contributed by atoms with E-state index in [1.807, 2.05) is 12.1 Å². The van der Waals surface area contributed by atoms with Crippen molar-refractivity contribution in [3.8, 4) is 5.75 Å². The fourth-order valence-electron chi connectivity index (χ4n) is 5.76. The Hall–Kier alpha value is -3.25. The van der Waals surface area contributed by atoms with Crippen LogP contribution in [0.1, 0.15) is 23.3 Å². The third kappa shape index (κ3) is 3.10. The van der Waals surface area contributed by atoms with E-state index in [1.165, 1.54) is 5.56 Å². The van der Waals surface area contributed by atoms with Gasteiger partial charge in [-0.15, -0.1) is 11.3 Å². The number of nitrogens with one attached hydrogen (secondary N) is 2. The molecule has 1 spiro atoms. The van der Waals surface area contributed by atoms with Crippen molar-refractivity contribution >= 4 is 59.7 Å². The predicted molar refractivity (Wildman–Crippen MR) is 137 cm³/mol. The molecule has 2 saturated heterocycles. The van der Waals surface area contributed by atoms with Crippen molar-refractivity contribution in [2.45, 2.75) is 30.4 Å². The fraction of sp³-hybridized carbons (Fsp3) is 0.417. The first-order valence-electron chi connectivity index (χ1n) is 11.9. The zero-order chi connectivity index (χ0) is 24.7. The van der Waals surface area contributed by atoms with Gasteiger partial charge in [0.05, 0.1) is 35.6 Å². The number of H-pyrrole nitrogens is 1. The topological polar surface area (TPSA) is 130 Å². The number of sulfone groups is 1. The van der Waals surface area contributed by atoms with Gasteiger partial charge in [-0.05, 0) is 37.3 Å². The van der Waals surface area contributed by atoms with Crippen LogP contribution in [-0.2, 0) is 27.5 Å². The highest BCUT2D eigenvalue weighted by Gasteiger charge is 2.61. The number of aromatic nitrogens is 4. The average Bonchev–Trinajstić information content (AvgIpc) is 3.45. The molecule has 7 rings (SSSR count). The summed E-state index contributed by atoms with van der Waals surface area (Å²) in [6.07, 6.45) is 6.12. The van der Waals surface area contributed by atoms with Crippen LogP contribution in [0.4, 0.5) is 11.5 Å². The lowest BCUT2D eigenvalue weighted by Gasteiger charge is -2.55. The molecule has 0 bridgehead atoms. The van der Waals surface area contributed by atoms with Crippen LogP contribution < -0.4 is 10.1 Å². The van der Waals surface area contributed by atoms with Crippen molar-refractivity contribution in [3.63, 3.8) is 0 Å². The zero-order valence-electron chi connectivity index (χ0n) is 19.6. The second-order valence-corrected chi connectivity index (χ2v) is 13.5. The summed E-state index contributed by atoms with van der Waals surface area (Å²) in [4.78, 5) is 26.0. The standard InChI is InChI=1S/C24H24N6O4S2/c1-34-18-8-16-14(9-27-29-16)6-17(18)28-21-20-15-3-2-13(7-19(15)35-22(20)26-12-25-21)23(31)30-10-24(11-30)4-5-36(24,32)33/h6,8-9,12-13H,2-5,7,10-11H2,1H3,(H,27,29)(H,25,26,28). The Bertz CT molecular complexity index is 1650. The van der Waals surface area contributed by atoms with Gasteiger partial charge >= 0.3 is 0 Å². The molecule has 1 aliphatic carbocycles. The maximum Gasteiger partial charge on any atom is 0.226 e. The zero-order valence-corrected chi connectivity index (χ0v) is 21.2. The number of aromatic amines is 1. The van der Waals surface area contributed by atoms with Gasteiger partial charge in [-0.2, -0.15) is 5.10 Å². The Morgan fingerprint density at radius 2 is 2.17 bits per heavy atom. The second-order valence-electron chi connectivity index (χ2n) is 9.93. The van der Waals surface area contributed by atoms with E-state index in [9.17, 15) is 13.2 Å². The molecule has 10 nitrogen and oxygen atoms in total. The van der Waals surface area contributed by atoms with Crippen molar-refractivity contribution in [1.29, 1.82) is 0 Å². The number of thiophene rings is 1. The SMILES string of the molecule is COc1cc2[nH]ncc2cc1Nc1ncnc2sc3c(c12)CCC(C(=O)N1CC2(CCS2(=O)=O)C1)C3. The van der Waals surface area contributed by atoms with Crippen molar-refractivity contribution in [2.75, 3.05) is 31.3 Å². The Morgan fingerprint density at radius 3 is 2.92 bits per heavy atom. The van der Waals surface area contributed by atoms with Crippen LogP contribution in [0.3, 0.4) is 0 Å².